The monoisotopic (exact) mass is 302 g/mol. The van der Waals surface area contributed by atoms with E-state index in [1.165, 1.54) is 0 Å². The third kappa shape index (κ3) is 6.60. The van der Waals surface area contributed by atoms with Gasteiger partial charge in [-0.05, 0) is 31.0 Å². The molecule has 0 aliphatic heterocycles. The fraction of sp³-hybridized carbons (Fsp3) is 0.429. The van der Waals surface area contributed by atoms with Crippen molar-refractivity contribution in [3.63, 3.8) is 0 Å². The van der Waals surface area contributed by atoms with E-state index in [0.717, 1.165) is 19.3 Å². The average Bonchev–Trinajstić information content (AvgIpc) is 2.31. The highest BCUT2D eigenvalue weighted by Gasteiger charge is 2.07. The maximum absolute atomic E-state index is 11.9. The number of halogens is 2. The molecular formula is C14H16Cl2O3. The van der Waals surface area contributed by atoms with Crippen LogP contribution < -0.4 is 0 Å². The Balaban J connectivity index is 2.29. The van der Waals surface area contributed by atoms with E-state index in [-0.39, 0.29) is 12.2 Å². The van der Waals surface area contributed by atoms with Gasteiger partial charge in [0.05, 0.1) is 0 Å². The maximum Gasteiger partial charge on any atom is 0.303 e. The van der Waals surface area contributed by atoms with E-state index in [1.54, 1.807) is 18.2 Å². The molecule has 0 aliphatic rings. The van der Waals surface area contributed by atoms with Crippen LogP contribution in [0, 0.1) is 0 Å². The van der Waals surface area contributed by atoms with E-state index in [1.807, 2.05) is 0 Å². The minimum absolute atomic E-state index is 0.0163. The Morgan fingerprint density at radius 3 is 1.95 bits per heavy atom. The van der Waals surface area contributed by atoms with Gasteiger partial charge in [-0.3, -0.25) is 9.59 Å². The quantitative estimate of drug-likeness (QED) is 0.564. The first-order valence-electron chi connectivity index (χ1n) is 6.20. The molecule has 0 amide bonds. The lowest BCUT2D eigenvalue weighted by atomic mass is 10.0. The van der Waals surface area contributed by atoms with Crippen LogP contribution in [-0.2, 0) is 4.79 Å². The Bertz CT molecular complexity index is 438. The molecule has 5 heteroatoms. The third-order valence-corrected chi connectivity index (χ3v) is 3.17. The molecule has 1 N–H and O–H groups in total. The molecule has 0 atom stereocenters. The summed E-state index contributed by atoms with van der Waals surface area (Å²) in [5, 5.41) is 9.39. The third-order valence-electron chi connectivity index (χ3n) is 2.73. The zero-order chi connectivity index (χ0) is 14.3. The van der Waals surface area contributed by atoms with Gasteiger partial charge in [-0.1, -0.05) is 36.0 Å². The van der Waals surface area contributed by atoms with Crippen LogP contribution in [-0.4, -0.2) is 16.9 Å². The Morgan fingerprint density at radius 2 is 1.42 bits per heavy atom. The molecule has 0 saturated heterocycles. The van der Waals surface area contributed by atoms with Crippen molar-refractivity contribution < 1.29 is 14.7 Å². The predicted octanol–water partition coefficient (Wildman–Crippen LogP) is 4.60. The molecule has 0 aromatic heterocycles. The smallest absolute Gasteiger partial charge is 0.303 e. The van der Waals surface area contributed by atoms with E-state index < -0.39 is 5.97 Å². The molecule has 19 heavy (non-hydrogen) atoms. The first-order valence-corrected chi connectivity index (χ1v) is 6.95. The topological polar surface area (TPSA) is 54.4 Å². The standard InChI is InChI=1S/C14H16Cl2O3/c15-11-7-10(8-12(16)9-11)13(17)5-3-1-2-4-6-14(18)19/h7-9H,1-6H2,(H,18,19). The number of rotatable bonds is 8. The predicted molar refractivity (Wildman–Crippen MR) is 76.1 cm³/mol. The summed E-state index contributed by atoms with van der Waals surface area (Å²) in [6, 6.07) is 4.81. The Labute approximate surface area is 122 Å². The number of carboxylic acids is 1. The van der Waals surface area contributed by atoms with Crippen LogP contribution in [0.2, 0.25) is 10.0 Å². The van der Waals surface area contributed by atoms with E-state index >= 15 is 0 Å². The van der Waals surface area contributed by atoms with Crippen molar-refractivity contribution in [1.82, 2.24) is 0 Å². The van der Waals surface area contributed by atoms with Crippen LogP contribution in [0.1, 0.15) is 48.9 Å². The van der Waals surface area contributed by atoms with Crippen molar-refractivity contribution in [1.29, 1.82) is 0 Å². The summed E-state index contributed by atoms with van der Waals surface area (Å²) in [4.78, 5) is 22.2. The number of hydrogen-bond acceptors (Lipinski definition) is 2. The highest BCUT2D eigenvalue weighted by Crippen LogP contribution is 2.20. The van der Waals surface area contributed by atoms with Crippen molar-refractivity contribution in [2.75, 3.05) is 0 Å². The van der Waals surface area contributed by atoms with Crippen LogP contribution in [0.15, 0.2) is 18.2 Å². The van der Waals surface area contributed by atoms with Gasteiger partial charge in [0.1, 0.15) is 0 Å². The molecule has 0 aliphatic carbocycles. The SMILES string of the molecule is O=C(O)CCCCCCC(=O)c1cc(Cl)cc(Cl)c1. The number of Topliss-reactive ketones (excluding diaryl/α,β-unsaturated/α-hetero) is 1. The van der Waals surface area contributed by atoms with Crippen LogP contribution >= 0.6 is 23.2 Å². The van der Waals surface area contributed by atoms with Gasteiger partial charge in [0.15, 0.2) is 5.78 Å². The van der Waals surface area contributed by atoms with E-state index in [0.29, 0.717) is 28.5 Å². The molecule has 0 heterocycles. The molecule has 0 radical (unpaired) electrons. The van der Waals surface area contributed by atoms with Gasteiger partial charge in [-0.15, -0.1) is 0 Å². The lowest BCUT2D eigenvalue weighted by Crippen LogP contribution is -1.99. The normalized spacial score (nSPS) is 10.4. The second-order valence-electron chi connectivity index (χ2n) is 4.39. The van der Waals surface area contributed by atoms with Gasteiger partial charge in [-0.25, -0.2) is 0 Å². The minimum Gasteiger partial charge on any atom is -0.481 e. The molecule has 1 aromatic rings. The number of unbranched alkanes of at least 4 members (excludes halogenated alkanes) is 3. The lowest BCUT2D eigenvalue weighted by molar-refractivity contribution is -0.137. The molecule has 3 nitrogen and oxygen atoms in total. The van der Waals surface area contributed by atoms with Gasteiger partial charge in [0.2, 0.25) is 0 Å². The maximum atomic E-state index is 11.9. The van der Waals surface area contributed by atoms with Crippen molar-refractivity contribution in [2.45, 2.75) is 38.5 Å². The number of hydrogen-bond donors (Lipinski definition) is 1. The van der Waals surface area contributed by atoms with Crippen molar-refractivity contribution in [2.24, 2.45) is 0 Å². The number of ketones is 1. The molecule has 0 bridgehead atoms. The Kier molecular flexibility index (Phi) is 6.89. The van der Waals surface area contributed by atoms with Gasteiger partial charge in [0, 0.05) is 28.5 Å². The second-order valence-corrected chi connectivity index (χ2v) is 5.26. The summed E-state index contributed by atoms with van der Waals surface area (Å²) in [5.74, 6) is -0.757. The number of carbonyl (C=O) groups excluding carboxylic acids is 1. The van der Waals surface area contributed by atoms with Crippen LogP contribution in [0.4, 0.5) is 0 Å². The van der Waals surface area contributed by atoms with Crippen LogP contribution in [0.25, 0.3) is 0 Å². The number of benzene rings is 1. The summed E-state index contributed by atoms with van der Waals surface area (Å²) in [6.45, 7) is 0. The molecule has 1 rings (SSSR count). The van der Waals surface area contributed by atoms with Gasteiger partial charge in [-0.2, -0.15) is 0 Å². The van der Waals surface area contributed by atoms with Crippen molar-refractivity contribution in [3.05, 3.63) is 33.8 Å². The van der Waals surface area contributed by atoms with Gasteiger partial charge in [0.25, 0.3) is 0 Å². The lowest BCUT2D eigenvalue weighted by Gasteiger charge is -2.03. The Hall–Kier alpha value is -1.06. The average molecular weight is 303 g/mol. The minimum atomic E-state index is -0.773. The first kappa shape index (κ1) is 16.0. The van der Waals surface area contributed by atoms with Crippen molar-refractivity contribution >= 4 is 35.0 Å². The summed E-state index contributed by atoms with van der Waals surface area (Å²) < 4.78 is 0. The van der Waals surface area contributed by atoms with Crippen LogP contribution in [0.5, 0.6) is 0 Å². The van der Waals surface area contributed by atoms with E-state index in [9.17, 15) is 9.59 Å². The molecule has 104 valence electrons. The highest BCUT2D eigenvalue weighted by atomic mass is 35.5. The van der Waals surface area contributed by atoms with E-state index in [4.69, 9.17) is 28.3 Å². The van der Waals surface area contributed by atoms with Gasteiger partial charge >= 0.3 is 5.97 Å². The van der Waals surface area contributed by atoms with Gasteiger partial charge < -0.3 is 5.11 Å². The zero-order valence-electron chi connectivity index (χ0n) is 10.5. The zero-order valence-corrected chi connectivity index (χ0v) is 12.0. The number of carbonyl (C=O) groups is 2. The molecular weight excluding hydrogens is 287 g/mol. The fourth-order valence-corrected chi connectivity index (χ4v) is 2.30. The first-order chi connectivity index (χ1) is 8.99. The summed E-state index contributed by atoms with van der Waals surface area (Å²) in [5.41, 5.74) is 0.531. The summed E-state index contributed by atoms with van der Waals surface area (Å²) in [6.07, 6.45) is 3.72. The largest absolute Gasteiger partial charge is 0.481 e. The highest BCUT2D eigenvalue weighted by molar-refractivity contribution is 6.35. The molecule has 0 fully saturated rings. The number of carboxylic acid groups (broad SMARTS) is 1. The molecule has 0 unspecified atom stereocenters. The van der Waals surface area contributed by atoms with E-state index in [2.05, 4.69) is 0 Å². The molecule has 0 spiro atoms. The number of aliphatic carboxylic acids is 1. The van der Waals surface area contributed by atoms with Crippen molar-refractivity contribution in [3.8, 4) is 0 Å². The second kappa shape index (κ2) is 8.18. The molecule has 0 saturated carbocycles. The van der Waals surface area contributed by atoms with Crippen LogP contribution in [0.3, 0.4) is 0 Å². The molecule has 1 aromatic carbocycles. The summed E-state index contributed by atoms with van der Waals surface area (Å²) >= 11 is 11.7. The fourth-order valence-electron chi connectivity index (χ4n) is 1.77. The Morgan fingerprint density at radius 1 is 0.895 bits per heavy atom. The summed E-state index contributed by atoms with van der Waals surface area (Å²) in [7, 11) is 0.